The molecule has 0 radical (unpaired) electrons. The van der Waals surface area contributed by atoms with E-state index in [0.29, 0.717) is 12.1 Å². The summed E-state index contributed by atoms with van der Waals surface area (Å²) < 4.78 is 1.27. The standard InChI is InChI=1S/C6H7N3O2/c1-4-7-8-5(3-10)6(11)9(4)2/h3H,1-2H3. The van der Waals surface area contributed by atoms with Crippen LogP contribution in [0.2, 0.25) is 0 Å². The first-order chi connectivity index (χ1) is 5.16. The van der Waals surface area contributed by atoms with Crippen LogP contribution in [-0.2, 0) is 7.05 Å². The number of aryl methyl sites for hydroxylation is 1. The molecule has 0 amide bonds. The summed E-state index contributed by atoms with van der Waals surface area (Å²) in [5, 5.41) is 7.00. The largest absolute Gasteiger partial charge is 0.297 e. The minimum atomic E-state index is -0.410. The molecule has 5 nitrogen and oxygen atoms in total. The lowest BCUT2D eigenvalue weighted by atomic mass is 10.5. The molecular formula is C6H7N3O2. The second kappa shape index (κ2) is 2.61. The zero-order valence-electron chi connectivity index (χ0n) is 6.24. The Labute approximate surface area is 62.7 Å². The van der Waals surface area contributed by atoms with Crippen LogP contribution in [0, 0.1) is 6.92 Å². The highest BCUT2D eigenvalue weighted by molar-refractivity contribution is 5.70. The highest BCUT2D eigenvalue weighted by Crippen LogP contribution is 1.82. The summed E-state index contributed by atoms with van der Waals surface area (Å²) in [5.41, 5.74) is -0.564. The lowest BCUT2D eigenvalue weighted by Crippen LogP contribution is -2.25. The third-order valence-corrected chi connectivity index (χ3v) is 1.42. The molecule has 0 atom stereocenters. The van der Waals surface area contributed by atoms with Crippen molar-refractivity contribution in [2.75, 3.05) is 0 Å². The third kappa shape index (κ3) is 1.17. The molecule has 0 fully saturated rings. The van der Waals surface area contributed by atoms with Gasteiger partial charge in [0.1, 0.15) is 5.82 Å². The van der Waals surface area contributed by atoms with Crippen LogP contribution in [0.4, 0.5) is 0 Å². The van der Waals surface area contributed by atoms with Crippen molar-refractivity contribution >= 4 is 6.29 Å². The number of aldehydes is 1. The van der Waals surface area contributed by atoms with E-state index in [0.717, 1.165) is 0 Å². The van der Waals surface area contributed by atoms with Crippen LogP contribution < -0.4 is 5.56 Å². The third-order valence-electron chi connectivity index (χ3n) is 1.42. The normalized spacial score (nSPS) is 9.64. The molecule has 0 N–H and O–H groups in total. The van der Waals surface area contributed by atoms with E-state index in [9.17, 15) is 9.59 Å². The SMILES string of the molecule is Cc1nnc(C=O)c(=O)n1C. The molecule has 0 aliphatic carbocycles. The van der Waals surface area contributed by atoms with E-state index in [1.807, 2.05) is 0 Å². The number of aromatic nitrogens is 3. The van der Waals surface area contributed by atoms with Gasteiger partial charge in [0, 0.05) is 7.05 Å². The Balaban J connectivity index is 3.49. The number of carbonyl (C=O) groups is 1. The van der Waals surface area contributed by atoms with Crippen LogP contribution in [-0.4, -0.2) is 21.1 Å². The molecule has 1 aromatic rings. The Morgan fingerprint density at radius 2 is 2.09 bits per heavy atom. The van der Waals surface area contributed by atoms with Crippen molar-refractivity contribution in [3.63, 3.8) is 0 Å². The lowest BCUT2D eigenvalue weighted by Gasteiger charge is -1.98. The first-order valence-electron chi connectivity index (χ1n) is 3.02. The summed E-state index contributed by atoms with van der Waals surface area (Å²) in [4.78, 5) is 21.2. The van der Waals surface area contributed by atoms with E-state index in [4.69, 9.17) is 0 Å². The average molecular weight is 153 g/mol. The van der Waals surface area contributed by atoms with Crippen molar-refractivity contribution in [2.24, 2.45) is 7.05 Å². The minimum absolute atomic E-state index is 0.155. The molecule has 5 heteroatoms. The van der Waals surface area contributed by atoms with Crippen molar-refractivity contribution in [3.8, 4) is 0 Å². The number of nitrogens with zero attached hydrogens (tertiary/aromatic N) is 3. The van der Waals surface area contributed by atoms with Crippen molar-refractivity contribution in [1.29, 1.82) is 0 Å². The molecule has 0 saturated carbocycles. The Kier molecular flexibility index (Phi) is 1.80. The molecule has 11 heavy (non-hydrogen) atoms. The summed E-state index contributed by atoms with van der Waals surface area (Å²) in [6.07, 6.45) is 0.398. The zero-order chi connectivity index (χ0) is 8.43. The van der Waals surface area contributed by atoms with Gasteiger partial charge in [-0.2, -0.15) is 0 Å². The fourth-order valence-corrected chi connectivity index (χ4v) is 0.629. The van der Waals surface area contributed by atoms with Crippen molar-refractivity contribution in [2.45, 2.75) is 6.92 Å². The van der Waals surface area contributed by atoms with E-state index in [2.05, 4.69) is 10.2 Å². The van der Waals surface area contributed by atoms with Gasteiger partial charge in [-0.25, -0.2) is 0 Å². The fraction of sp³-hybridized carbons (Fsp3) is 0.333. The maximum Gasteiger partial charge on any atom is 0.282 e. The van der Waals surface area contributed by atoms with Crippen LogP contribution in [0.1, 0.15) is 16.3 Å². The molecule has 0 unspecified atom stereocenters. The van der Waals surface area contributed by atoms with E-state index in [1.54, 1.807) is 14.0 Å². The topological polar surface area (TPSA) is 64.8 Å². The maximum absolute atomic E-state index is 11.0. The Bertz CT molecular complexity index is 342. The summed E-state index contributed by atoms with van der Waals surface area (Å²) >= 11 is 0. The Morgan fingerprint density at radius 1 is 1.45 bits per heavy atom. The summed E-state index contributed by atoms with van der Waals surface area (Å²) in [6, 6.07) is 0. The van der Waals surface area contributed by atoms with Crippen LogP contribution >= 0.6 is 0 Å². The van der Waals surface area contributed by atoms with Gasteiger partial charge in [0.2, 0.25) is 0 Å². The van der Waals surface area contributed by atoms with Gasteiger partial charge in [0.05, 0.1) is 0 Å². The van der Waals surface area contributed by atoms with Crippen LogP contribution in [0.25, 0.3) is 0 Å². The Morgan fingerprint density at radius 3 is 2.64 bits per heavy atom. The number of rotatable bonds is 1. The molecule has 0 saturated heterocycles. The maximum atomic E-state index is 11.0. The molecule has 1 heterocycles. The van der Waals surface area contributed by atoms with Gasteiger partial charge in [-0.05, 0) is 6.92 Å². The van der Waals surface area contributed by atoms with Gasteiger partial charge in [-0.1, -0.05) is 0 Å². The molecule has 1 aromatic heterocycles. The highest BCUT2D eigenvalue weighted by atomic mass is 16.1. The predicted molar refractivity (Wildman–Crippen MR) is 37.4 cm³/mol. The van der Waals surface area contributed by atoms with Crippen molar-refractivity contribution < 1.29 is 4.79 Å². The van der Waals surface area contributed by atoms with E-state index < -0.39 is 5.56 Å². The monoisotopic (exact) mass is 153 g/mol. The summed E-state index contributed by atoms with van der Waals surface area (Å²) in [6.45, 7) is 1.64. The van der Waals surface area contributed by atoms with Crippen molar-refractivity contribution in [1.82, 2.24) is 14.8 Å². The zero-order valence-corrected chi connectivity index (χ0v) is 6.24. The lowest BCUT2D eigenvalue weighted by molar-refractivity contribution is 0.111. The van der Waals surface area contributed by atoms with Gasteiger partial charge in [-0.3, -0.25) is 14.2 Å². The van der Waals surface area contributed by atoms with Gasteiger partial charge < -0.3 is 0 Å². The fourth-order valence-electron chi connectivity index (χ4n) is 0.629. The smallest absolute Gasteiger partial charge is 0.282 e. The Hall–Kier alpha value is -1.52. The summed E-state index contributed by atoms with van der Waals surface area (Å²) in [7, 11) is 1.54. The second-order valence-electron chi connectivity index (χ2n) is 2.11. The van der Waals surface area contributed by atoms with E-state index >= 15 is 0 Å². The van der Waals surface area contributed by atoms with Gasteiger partial charge in [0.25, 0.3) is 5.56 Å². The number of carbonyl (C=O) groups excluding carboxylic acids is 1. The molecule has 0 spiro atoms. The predicted octanol–water partition coefficient (Wildman–Crippen LogP) is -0.704. The molecule has 0 aliphatic rings. The minimum Gasteiger partial charge on any atom is -0.297 e. The van der Waals surface area contributed by atoms with E-state index in [1.165, 1.54) is 4.57 Å². The molecular weight excluding hydrogens is 146 g/mol. The molecule has 1 rings (SSSR count). The summed E-state index contributed by atoms with van der Waals surface area (Å²) in [5.74, 6) is 0.487. The van der Waals surface area contributed by atoms with Crippen molar-refractivity contribution in [3.05, 3.63) is 21.9 Å². The molecule has 0 bridgehead atoms. The first-order valence-corrected chi connectivity index (χ1v) is 3.02. The first kappa shape index (κ1) is 7.59. The second-order valence-corrected chi connectivity index (χ2v) is 2.11. The average Bonchev–Trinajstić information content (AvgIpc) is 2.01. The number of hydrogen-bond acceptors (Lipinski definition) is 4. The van der Waals surface area contributed by atoms with Gasteiger partial charge >= 0.3 is 0 Å². The van der Waals surface area contributed by atoms with E-state index in [-0.39, 0.29) is 5.69 Å². The highest BCUT2D eigenvalue weighted by Gasteiger charge is 2.03. The molecule has 0 aromatic carbocycles. The van der Waals surface area contributed by atoms with Gasteiger partial charge in [-0.15, -0.1) is 10.2 Å². The number of hydrogen-bond donors (Lipinski definition) is 0. The quantitative estimate of drug-likeness (QED) is 0.500. The van der Waals surface area contributed by atoms with Crippen LogP contribution in [0.3, 0.4) is 0 Å². The van der Waals surface area contributed by atoms with Crippen LogP contribution in [0.15, 0.2) is 4.79 Å². The van der Waals surface area contributed by atoms with Crippen LogP contribution in [0.5, 0.6) is 0 Å². The molecule has 0 aliphatic heterocycles. The van der Waals surface area contributed by atoms with Gasteiger partial charge in [0.15, 0.2) is 12.0 Å². The molecule has 58 valence electrons.